The lowest BCUT2D eigenvalue weighted by molar-refractivity contribution is -0.123. The maximum Gasteiger partial charge on any atom is 0.257 e. The van der Waals surface area contributed by atoms with Crippen molar-refractivity contribution >= 4 is 11.8 Å². The van der Waals surface area contributed by atoms with Gasteiger partial charge in [0.1, 0.15) is 11.6 Å². The van der Waals surface area contributed by atoms with Gasteiger partial charge in [0.15, 0.2) is 0 Å². The zero-order valence-electron chi connectivity index (χ0n) is 10.3. The predicted molar refractivity (Wildman–Crippen MR) is 65.9 cm³/mol. The van der Waals surface area contributed by atoms with E-state index in [4.69, 9.17) is 5.73 Å². The third-order valence-corrected chi connectivity index (χ3v) is 3.30. The molecule has 1 aromatic rings. The van der Waals surface area contributed by atoms with E-state index in [0.717, 1.165) is 12.1 Å². The smallest absolute Gasteiger partial charge is 0.257 e. The summed E-state index contributed by atoms with van der Waals surface area (Å²) in [4.78, 5) is 24.8. The molecular weight excluding hydrogens is 251 g/mol. The number of nitrogens with zero attached hydrogens (tertiary/aromatic N) is 1. The van der Waals surface area contributed by atoms with Gasteiger partial charge in [0.05, 0.1) is 11.5 Å². The molecule has 0 aromatic heterocycles. The number of primary amides is 1. The Morgan fingerprint density at radius 2 is 2.16 bits per heavy atom. The molecular formula is C13H15FN2O3. The molecule has 5 nitrogen and oxygen atoms in total. The van der Waals surface area contributed by atoms with Gasteiger partial charge >= 0.3 is 0 Å². The van der Waals surface area contributed by atoms with Gasteiger partial charge < -0.3 is 15.7 Å². The minimum Gasteiger partial charge on any atom is -0.507 e. The fraction of sp³-hybridized carbons (Fsp3) is 0.385. The van der Waals surface area contributed by atoms with Crippen molar-refractivity contribution in [1.29, 1.82) is 0 Å². The van der Waals surface area contributed by atoms with Crippen LogP contribution in [0.25, 0.3) is 0 Å². The number of amides is 2. The van der Waals surface area contributed by atoms with Crippen molar-refractivity contribution < 1.29 is 19.1 Å². The largest absolute Gasteiger partial charge is 0.507 e. The molecule has 0 bridgehead atoms. The lowest BCUT2D eigenvalue weighted by Crippen LogP contribution is -2.44. The van der Waals surface area contributed by atoms with Crippen LogP contribution in [0.1, 0.15) is 23.2 Å². The molecule has 2 rings (SSSR count). The molecule has 19 heavy (non-hydrogen) atoms. The summed E-state index contributed by atoms with van der Waals surface area (Å²) in [6, 6.07) is 3.24. The van der Waals surface area contributed by atoms with Gasteiger partial charge in [-0.25, -0.2) is 4.39 Å². The van der Waals surface area contributed by atoms with E-state index in [0.29, 0.717) is 19.4 Å². The van der Waals surface area contributed by atoms with Gasteiger partial charge in [-0.2, -0.15) is 0 Å². The van der Waals surface area contributed by atoms with Crippen LogP contribution in [0.15, 0.2) is 18.2 Å². The van der Waals surface area contributed by atoms with Crippen LogP contribution in [0.3, 0.4) is 0 Å². The number of nitrogens with two attached hydrogens (primary N) is 1. The first-order valence-electron chi connectivity index (χ1n) is 6.06. The Labute approximate surface area is 109 Å². The van der Waals surface area contributed by atoms with Gasteiger partial charge in [-0.15, -0.1) is 0 Å². The lowest BCUT2D eigenvalue weighted by Gasteiger charge is -2.31. The van der Waals surface area contributed by atoms with Crippen LogP contribution in [-0.2, 0) is 4.79 Å². The van der Waals surface area contributed by atoms with Gasteiger partial charge in [0.2, 0.25) is 5.91 Å². The molecule has 1 aromatic carbocycles. The first kappa shape index (κ1) is 13.3. The number of aromatic hydroxyl groups is 1. The molecule has 1 fully saturated rings. The highest BCUT2D eigenvalue weighted by molar-refractivity contribution is 5.97. The number of hydrogen-bond donors (Lipinski definition) is 2. The number of phenols is 1. The second kappa shape index (κ2) is 5.26. The SMILES string of the molecule is NC(=O)C1CCCN(C(=O)c2ccc(F)cc2O)C1. The topological polar surface area (TPSA) is 83.6 Å². The van der Waals surface area contributed by atoms with Crippen LogP contribution in [0.5, 0.6) is 5.75 Å². The number of piperidine rings is 1. The number of likely N-dealkylation sites (tertiary alicyclic amines) is 1. The summed E-state index contributed by atoms with van der Waals surface area (Å²) in [7, 11) is 0. The van der Waals surface area contributed by atoms with E-state index >= 15 is 0 Å². The van der Waals surface area contributed by atoms with E-state index in [9.17, 15) is 19.1 Å². The zero-order chi connectivity index (χ0) is 14.0. The minimum atomic E-state index is -0.609. The first-order chi connectivity index (χ1) is 8.99. The van der Waals surface area contributed by atoms with Crippen molar-refractivity contribution in [2.75, 3.05) is 13.1 Å². The second-order valence-electron chi connectivity index (χ2n) is 4.65. The Morgan fingerprint density at radius 1 is 1.42 bits per heavy atom. The molecule has 0 aliphatic carbocycles. The normalized spacial score (nSPS) is 19.2. The third kappa shape index (κ3) is 2.83. The fourth-order valence-corrected chi connectivity index (χ4v) is 2.25. The molecule has 6 heteroatoms. The Hall–Kier alpha value is -2.11. The summed E-state index contributed by atoms with van der Waals surface area (Å²) in [6.45, 7) is 0.740. The molecule has 1 heterocycles. The average molecular weight is 266 g/mol. The van der Waals surface area contributed by atoms with Gasteiger partial charge in [0.25, 0.3) is 5.91 Å². The molecule has 0 saturated carbocycles. The van der Waals surface area contributed by atoms with E-state index in [2.05, 4.69) is 0 Å². The van der Waals surface area contributed by atoms with E-state index < -0.39 is 23.4 Å². The summed E-state index contributed by atoms with van der Waals surface area (Å²) in [5.41, 5.74) is 5.28. The summed E-state index contributed by atoms with van der Waals surface area (Å²) in [5.74, 6) is -2.21. The van der Waals surface area contributed by atoms with Crippen LogP contribution in [0.2, 0.25) is 0 Å². The van der Waals surface area contributed by atoms with Crippen LogP contribution < -0.4 is 5.73 Å². The maximum absolute atomic E-state index is 12.9. The van der Waals surface area contributed by atoms with Crippen molar-refractivity contribution in [3.05, 3.63) is 29.6 Å². The van der Waals surface area contributed by atoms with E-state index in [1.54, 1.807) is 0 Å². The van der Waals surface area contributed by atoms with Crippen molar-refractivity contribution in [1.82, 2.24) is 4.90 Å². The number of rotatable bonds is 2. The highest BCUT2D eigenvalue weighted by Crippen LogP contribution is 2.23. The Morgan fingerprint density at radius 3 is 2.79 bits per heavy atom. The number of benzene rings is 1. The highest BCUT2D eigenvalue weighted by atomic mass is 19.1. The van der Waals surface area contributed by atoms with Gasteiger partial charge in [-0.1, -0.05) is 0 Å². The zero-order valence-corrected chi connectivity index (χ0v) is 10.3. The number of phenolic OH excluding ortho intramolecular Hbond substituents is 1. The molecule has 2 amide bonds. The van der Waals surface area contributed by atoms with Gasteiger partial charge in [0, 0.05) is 19.2 Å². The third-order valence-electron chi connectivity index (χ3n) is 3.30. The van der Waals surface area contributed by atoms with E-state index in [1.165, 1.54) is 11.0 Å². The number of halogens is 1. The van der Waals surface area contributed by atoms with Gasteiger partial charge in [-0.3, -0.25) is 9.59 Å². The van der Waals surface area contributed by atoms with Crippen LogP contribution in [0, 0.1) is 11.7 Å². The Bertz CT molecular complexity index is 519. The van der Waals surface area contributed by atoms with Crippen LogP contribution in [-0.4, -0.2) is 34.9 Å². The molecule has 0 spiro atoms. The molecule has 1 aliphatic rings. The monoisotopic (exact) mass is 266 g/mol. The van der Waals surface area contributed by atoms with Crippen molar-refractivity contribution in [3.8, 4) is 5.75 Å². The summed E-state index contributed by atoms with van der Waals surface area (Å²) < 4.78 is 12.9. The number of hydrogen-bond acceptors (Lipinski definition) is 3. The van der Waals surface area contributed by atoms with Crippen LogP contribution >= 0.6 is 0 Å². The molecule has 1 aliphatic heterocycles. The van der Waals surface area contributed by atoms with E-state index in [-0.39, 0.29) is 18.0 Å². The summed E-state index contributed by atoms with van der Waals surface area (Å²) in [5, 5.41) is 9.59. The predicted octanol–water partition coefficient (Wildman–Crippen LogP) is 0.869. The molecule has 0 radical (unpaired) electrons. The van der Waals surface area contributed by atoms with E-state index in [1.807, 2.05) is 0 Å². The number of carbonyl (C=O) groups is 2. The van der Waals surface area contributed by atoms with Gasteiger partial charge in [-0.05, 0) is 25.0 Å². The van der Waals surface area contributed by atoms with Crippen molar-refractivity contribution in [3.63, 3.8) is 0 Å². The molecule has 102 valence electrons. The lowest BCUT2D eigenvalue weighted by atomic mass is 9.97. The average Bonchev–Trinajstić information content (AvgIpc) is 2.38. The first-order valence-corrected chi connectivity index (χ1v) is 6.06. The Kier molecular flexibility index (Phi) is 3.69. The standard InChI is InChI=1S/C13H15FN2O3/c14-9-3-4-10(11(17)6-9)13(19)16-5-1-2-8(7-16)12(15)18/h3-4,6,8,17H,1-2,5,7H2,(H2,15,18). The van der Waals surface area contributed by atoms with Crippen LogP contribution in [0.4, 0.5) is 4.39 Å². The Balaban J connectivity index is 2.17. The molecule has 1 unspecified atom stereocenters. The maximum atomic E-state index is 12.9. The van der Waals surface area contributed by atoms with Crippen molar-refractivity contribution in [2.24, 2.45) is 11.7 Å². The highest BCUT2D eigenvalue weighted by Gasteiger charge is 2.28. The number of carbonyl (C=O) groups excluding carboxylic acids is 2. The quantitative estimate of drug-likeness (QED) is 0.833. The molecule has 3 N–H and O–H groups in total. The summed E-state index contributed by atoms with van der Waals surface area (Å²) >= 11 is 0. The minimum absolute atomic E-state index is 0.0338. The fourth-order valence-electron chi connectivity index (χ4n) is 2.25. The molecule has 1 saturated heterocycles. The summed E-state index contributed by atoms with van der Waals surface area (Å²) in [6.07, 6.45) is 1.34. The molecule has 1 atom stereocenters. The van der Waals surface area contributed by atoms with Crippen molar-refractivity contribution in [2.45, 2.75) is 12.8 Å². The second-order valence-corrected chi connectivity index (χ2v) is 4.65.